The molecule has 1 amide bonds. The normalized spacial score (nSPS) is 10.5. The highest BCUT2D eigenvalue weighted by Crippen LogP contribution is 2.20. The van der Waals surface area contributed by atoms with Gasteiger partial charge in [-0.15, -0.1) is 0 Å². The van der Waals surface area contributed by atoms with Crippen molar-refractivity contribution in [2.75, 3.05) is 13.2 Å². The van der Waals surface area contributed by atoms with Crippen molar-refractivity contribution < 1.29 is 18.7 Å². The highest BCUT2D eigenvalue weighted by molar-refractivity contribution is 6.32. The molecule has 102 valence electrons. The lowest BCUT2D eigenvalue weighted by atomic mass is 10.2. The van der Waals surface area contributed by atoms with E-state index >= 15 is 0 Å². The first-order valence-electron chi connectivity index (χ1n) is 5.60. The molecule has 0 atom stereocenters. The van der Waals surface area contributed by atoms with E-state index in [1.807, 2.05) is 0 Å². The molecule has 0 unspecified atom stereocenters. The van der Waals surface area contributed by atoms with E-state index in [9.17, 15) is 14.0 Å². The van der Waals surface area contributed by atoms with E-state index in [0.29, 0.717) is 0 Å². The van der Waals surface area contributed by atoms with Crippen molar-refractivity contribution in [2.24, 2.45) is 0 Å². The number of nitrogens with one attached hydrogen (secondary N) is 1. The second-order valence-corrected chi connectivity index (χ2v) is 3.90. The zero-order chi connectivity index (χ0) is 14.3. The zero-order valence-electron chi connectivity index (χ0n) is 10.3. The fourth-order valence-corrected chi connectivity index (χ4v) is 1.49. The van der Waals surface area contributed by atoms with Crippen molar-refractivity contribution in [1.82, 2.24) is 5.32 Å². The van der Waals surface area contributed by atoms with Gasteiger partial charge in [0.05, 0.1) is 11.6 Å². The molecule has 0 fully saturated rings. The third-order valence-electron chi connectivity index (χ3n) is 2.11. The molecule has 0 heterocycles. The monoisotopic (exact) mass is 285 g/mol. The van der Waals surface area contributed by atoms with Crippen LogP contribution in [0, 0.1) is 5.82 Å². The van der Waals surface area contributed by atoms with E-state index < -0.39 is 17.7 Å². The summed E-state index contributed by atoms with van der Waals surface area (Å²) in [5.74, 6) is -1.59. The average molecular weight is 286 g/mol. The van der Waals surface area contributed by atoms with Gasteiger partial charge in [-0.1, -0.05) is 17.7 Å². The van der Waals surface area contributed by atoms with Gasteiger partial charge in [0.25, 0.3) is 0 Å². The van der Waals surface area contributed by atoms with Crippen molar-refractivity contribution >= 4 is 29.6 Å². The number of esters is 1. The second kappa shape index (κ2) is 7.53. The van der Waals surface area contributed by atoms with Crippen LogP contribution in [-0.2, 0) is 14.3 Å². The van der Waals surface area contributed by atoms with Crippen LogP contribution in [0.3, 0.4) is 0 Å². The maximum absolute atomic E-state index is 13.4. The van der Waals surface area contributed by atoms with E-state index in [4.69, 9.17) is 11.6 Å². The van der Waals surface area contributed by atoms with Crippen molar-refractivity contribution in [1.29, 1.82) is 0 Å². The van der Waals surface area contributed by atoms with Crippen LogP contribution >= 0.6 is 11.6 Å². The van der Waals surface area contributed by atoms with Gasteiger partial charge in [0, 0.05) is 11.6 Å². The second-order valence-electron chi connectivity index (χ2n) is 3.49. The smallest absolute Gasteiger partial charge is 0.325 e. The number of hydrogen-bond acceptors (Lipinski definition) is 3. The minimum atomic E-state index is -0.535. The van der Waals surface area contributed by atoms with E-state index in [0.717, 1.165) is 6.08 Å². The first kappa shape index (κ1) is 15.2. The number of amides is 1. The molecule has 0 saturated carbocycles. The highest BCUT2D eigenvalue weighted by atomic mass is 35.5. The Kier molecular flexibility index (Phi) is 6.02. The fraction of sp³-hybridized carbons (Fsp3) is 0.231. The minimum absolute atomic E-state index is 0.121. The van der Waals surface area contributed by atoms with Gasteiger partial charge in [0.15, 0.2) is 0 Å². The van der Waals surface area contributed by atoms with Gasteiger partial charge >= 0.3 is 5.97 Å². The third-order valence-corrected chi connectivity index (χ3v) is 2.44. The van der Waals surface area contributed by atoms with Crippen LogP contribution in [0.1, 0.15) is 12.5 Å². The number of benzene rings is 1. The summed E-state index contributed by atoms with van der Waals surface area (Å²) < 4.78 is 18.0. The summed E-state index contributed by atoms with van der Waals surface area (Å²) in [6.45, 7) is 1.68. The molecule has 0 aromatic heterocycles. The Morgan fingerprint density at radius 3 is 2.84 bits per heavy atom. The highest BCUT2D eigenvalue weighted by Gasteiger charge is 2.05. The molecule has 0 aliphatic rings. The fourth-order valence-electron chi connectivity index (χ4n) is 1.26. The van der Waals surface area contributed by atoms with Gasteiger partial charge < -0.3 is 10.1 Å². The van der Waals surface area contributed by atoms with Crippen molar-refractivity contribution in [3.05, 3.63) is 40.7 Å². The van der Waals surface area contributed by atoms with Crippen LogP contribution in [0.15, 0.2) is 24.3 Å². The average Bonchev–Trinajstić information content (AvgIpc) is 2.36. The van der Waals surface area contributed by atoms with Crippen molar-refractivity contribution in [2.45, 2.75) is 6.92 Å². The first-order valence-corrected chi connectivity index (χ1v) is 5.98. The van der Waals surface area contributed by atoms with Crippen LogP contribution in [0.5, 0.6) is 0 Å². The Morgan fingerprint density at radius 1 is 1.47 bits per heavy atom. The summed E-state index contributed by atoms with van der Waals surface area (Å²) in [6.07, 6.45) is 2.35. The molecule has 0 aliphatic heterocycles. The van der Waals surface area contributed by atoms with Crippen LogP contribution in [0.2, 0.25) is 5.02 Å². The summed E-state index contributed by atoms with van der Waals surface area (Å²) in [4.78, 5) is 22.4. The number of carbonyl (C=O) groups is 2. The zero-order valence-corrected chi connectivity index (χ0v) is 11.0. The predicted octanol–water partition coefficient (Wildman–Crippen LogP) is 2.17. The topological polar surface area (TPSA) is 55.4 Å². The van der Waals surface area contributed by atoms with Gasteiger partial charge in [0.1, 0.15) is 12.4 Å². The molecule has 1 N–H and O–H groups in total. The summed E-state index contributed by atoms with van der Waals surface area (Å²) >= 11 is 5.78. The maximum atomic E-state index is 13.4. The van der Waals surface area contributed by atoms with Crippen LogP contribution in [0.4, 0.5) is 4.39 Å². The van der Waals surface area contributed by atoms with Gasteiger partial charge in [0.2, 0.25) is 5.91 Å². The third kappa shape index (κ3) is 5.09. The summed E-state index contributed by atoms with van der Waals surface area (Å²) in [5.41, 5.74) is 0.121. The Bertz CT molecular complexity index is 482. The molecule has 19 heavy (non-hydrogen) atoms. The van der Waals surface area contributed by atoms with Crippen LogP contribution in [-0.4, -0.2) is 25.0 Å². The van der Waals surface area contributed by atoms with E-state index in [-0.39, 0.29) is 23.7 Å². The SMILES string of the molecule is CCOC(=O)CNC(=O)C=Cc1c(F)cccc1Cl. The summed E-state index contributed by atoms with van der Waals surface area (Å²) in [7, 11) is 0. The van der Waals surface area contributed by atoms with Crippen molar-refractivity contribution in [3.8, 4) is 0 Å². The van der Waals surface area contributed by atoms with E-state index in [2.05, 4.69) is 10.1 Å². The Hall–Kier alpha value is -1.88. The molecule has 1 rings (SSSR count). The molecular weight excluding hydrogens is 273 g/mol. The first-order chi connectivity index (χ1) is 9.04. The number of rotatable bonds is 5. The molecule has 0 radical (unpaired) electrons. The molecule has 1 aromatic rings. The Labute approximate surface area is 115 Å². The molecule has 1 aromatic carbocycles. The number of hydrogen-bond donors (Lipinski definition) is 1. The Morgan fingerprint density at radius 2 is 2.21 bits per heavy atom. The van der Waals surface area contributed by atoms with Gasteiger partial charge in [-0.05, 0) is 25.1 Å². The van der Waals surface area contributed by atoms with Gasteiger partial charge in [-0.25, -0.2) is 4.39 Å². The summed E-state index contributed by atoms with van der Waals surface area (Å²) in [6, 6.07) is 4.22. The van der Waals surface area contributed by atoms with E-state index in [1.165, 1.54) is 24.3 Å². The lowest BCUT2D eigenvalue weighted by Gasteiger charge is -2.02. The minimum Gasteiger partial charge on any atom is -0.465 e. The number of carbonyl (C=O) groups excluding carboxylic acids is 2. The largest absolute Gasteiger partial charge is 0.465 e. The molecule has 0 aliphatic carbocycles. The number of ether oxygens (including phenoxy) is 1. The molecule has 0 bridgehead atoms. The standard InChI is InChI=1S/C13H13ClFNO3/c1-2-19-13(18)8-16-12(17)7-6-9-10(14)4-3-5-11(9)15/h3-7H,2,8H2,1H3,(H,16,17). The number of halogens is 2. The molecular formula is C13H13ClFNO3. The maximum Gasteiger partial charge on any atom is 0.325 e. The molecule has 0 saturated heterocycles. The van der Waals surface area contributed by atoms with Gasteiger partial charge in [-0.2, -0.15) is 0 Å². The predicted molar refractivity (Wildman–Crippen MR) is 70.1 cm³/mol. The molecule has 4 nitrogen and oxygen atoms in total. The van der Waals surface area contributed by atoms with Crippen LogP contribution in [0.25, 0.3) is 6.08 Å². The molecule has 0 spiro atoms. The van der Waals surface area contributed by atoms with Crippen LogP contribution < -0.4 is 5.32 Å². The van der Waals surface area contributed by atoms with Crippen molar-refractivity contribution in [3.63, 3.8) is 0 Å². The quantitative estimate of drug-likeness (QED) is 0.666. The lowest BCUT2D eigenvalue weighted by molar-refractivity contribution is -0.143. The summed E-state index contributed by atoms with van der Waals surface area (Å²) in [5, 5.41) is 2.51. The Balaban J connectivity index is 2.57. The van der Waals surface area contributed by atoms with E-state index in [1.54, 1.807) is 6.92 Å². The molecule has 6 heteroatoms. The van der Waals surface area contributed by atoms with Gasteiger partial charge in [-0.3, -0.25) is 9.59 Å². The lowest BCUT2D eigenvalue weighted by Crippen LogP contribution is -2.29.